The fourth-order valence-electron chi connectivity index (χ4n) is 1.36. The number of halogens is 1. The minimum absolute atomic E-state index is 0.0536. The Morgan fingerprint density at radius 2 is 1.60 bits per heavy atom. The van der Waals surface area contributed by atoms with Crippen molar-refractivity contribution in [2.45, 2.75) is 0 Å². The molecule has 0 fully saturated rings. The zero-order chi connectivity index (χ0) is 10.9. The van der Waals surface area contributed by atoms with E-state index < -0.39 is 10.2 Å². The summed E-state index contributed by atoms with van der Waals surface area (Å²) in [4.78, 5) is 0. The maximum Gasteiger partial charge on any atom is 0.296 e. The molecule has 0 bridgehead atoms. The van der Waals surface area contributed by atoms with E-state index in [9.17, 15) is 14.0 Å². The Hall–Kier alpha value is -1.33. The molecule has 5 heteroatoms. The summed E-state index contributed by atoms with van der Waals surface area (Å²) in [5, 5.41) is 0. The lowest BCUT2D eigenvalue weighted by Crippen LogP contribution is -2.63. The predicted molar refractivity (Wildman–Crippen MR) is 43.7 cm³/mol. The molecular formula is C10H7ClO4. The Morgan fingerprint density at radius 1 is 0.867 bits per heavy atom. The van der Waals surface area contributed by atoms with Crippen LogP contribution in [-0.2, 0) is 0 Å². The van der Waals surface area contributed by atoms with E-state index in [-0.39, 0.29) is 5.75 Å². The van der Waals surface area contributed by atoms with E-state index in [4.69, 9.17) is 0 Å². The molecule has 0 aromatic carbocycles. The van der Waals surface area contributed by atoms with E-state index in [2.05, 4.69) is 4.29 Å². The molecule has 0 heterocycles. The third-order valence-electron chi connectivity index (χ3n) is 1.93. The maximum absolute atomic E-state index is 10.4. The van der Waals surface area contributed by atoms with Crippen molar-refractivity contribution in [3.63, 3.8) is 0 Å². The standard InChI is InChI=1S/C10H7ClO4/c12-11(13,14)15-10-7-6-8-4-2-1-3-5-9(8)10/h1-7H. The minimum Gasteiger partial charge on any atom is -0.167 e. The van der Waals surface area contributed by atoms with Gasteiger partial charge in [-0.1, -0.05) is 28.6 Å². The molecule has 2 rings (SSSR count). The normalized spacial score (nSPS) is 11.7. The van der Waals surface area contributed by atoms with Crippen LogP contribution in [0.15, 0.2) is 42.5 Å². The Morgan fingerprint density at radius 3 is 2.33 bits per heavy atom. The molecule has 0 aromatic rings. The van der Waals surface area contributed by atoms with Crippen molar-refractivity contribution in [3.05, 3.63) is 42.5 Å². The van der Waals surface area contributed by atoms with Crippen LogP contribution in [0.3, 0.4) is 0 Å². The summed E-state index contributed by atoms with van der Waals surface area (Å²) in [5.74, 6) is 0.0536. The lowest BCUT2D eigenvalue weighted by Gasteiger charge is -2.11. The molecule has 2 aliphatic rings. The average molecular weight is 227 g/mol. The quantitative estimate of drug-likeness (QED) is 0.663. The molecule has 0 saturated carbocycles. The van der Waals surface area contributed by atoms with E-state index in [1.165, 1.54) is 6.07 Å². The first-order chi connectivity index (χ1) is 7.06. The minimum atomic E-state index is -4.44. The van der Waals surface area contributed by atoms with Crippen molar-refractivity contribution in [1.82, 2.24) is 0 Å². The van der Waals surface area contributed by atoms with E-state index in [1.807, 2.05) is 6.07 Å². The van der Waals surface area contributed by atoms with Crippen LogP contribution in [-0.4, -0.2) is 0 Å². The van der Waals surface area contributed by atoms with Gasteiger partial charge < -0.3 is 0 Å². The SMILES string of the molecule is [O-][Cl+3]([O-])([O-])Oc1ccc2cccccc1-2. The topological polar surface area (TPSA) is 78.4 Å². The van der Waals surface area contributed by atoms with Gasteiger partial charge in [-0.25, -0.2) is 0 Å². The summed E-state index contributed by atoms with van der Waals surface area (Å²) in [7, 11) is -4.44. The molecule has 0 aromatic heterocycles. The van der Waals surface area contributed by atoms with Crippen molar-refractivity contribution < 1.29 is 28.5 Å². The van der Waals surface area contributed by atoms with Gasteiger partial charge in [-0.2, -0.15) is 14.0 Å². The maximum atomic E-state index is 10.4. The largest absolute Gasteiger partial charge is 0.296 e. The van der Waals surface area contributed by atoms with Crippen molar-refractivity contribution in [2.24, 2.45) is 0 Å². The van der Waals surface area contributed by atoms with Gasteiger partial charge >= 0.3 is 0 Å². The molecular weight excluding hydrogens is 220 g/mol. The van der Waals surface area contributed by atoms with Crippen LogP contribution < -0.4 is 18.3 Å². The predicted octanol–water partition coefficient (Wildman–Crippen LogP) is -0.932. The Labute approximate surface area is 88.4 Å². The molecule has 0 amide bonds. The number of rotatable bonds is 2. The fourth-order valence-corrected chi connectivity index (χ4v) is 1.69. The van der Waals surface area contributed by atoms with Gasteiger partial charge in [-0.05, 0) is 23.8 Å². The molecule has 15 heavy (non-hydrogen) atoms. The summed E-state index contributed by atoms with van der Waals surface area (Å²) >= 11 is 0. The third-order valence-corrected chi connectivity index (χ3v) is 2.28. The Kier molecular flexibility index (Phi) is 2.50. The first-order valence-corrected chi connectivity index (χ1v) is 5.38. The van der Waals surface area contributed by atoms with Crippen LogP contribution in [0.4, 0.5) is 0 Å². The first kappa shape index (κ1) is 10.2. The van der Waals surface area contributed by atoms with Gasteiger partial charge in [0.15, 0.2) is 0 Å². The highest BCUT2D eigenvalue weighted by atomic mass is 35.7. The zero-order valence-corrected chi connectivity index (χ0v) is 8.31. The van der Waals surface area contributed by atoms with Crippen LogP contribution in [0.5, 0.6) is 5.75 Å². The van der Waals surface area contributed by atoms with Gasteiger partial charge in [0.2, 0.25) is 0 Å². The molecule has 0 spiro atoms. The number of fused-ring (bicyclic) bond motifs is 1. The molecule has 0 radical (unpaired) electrons. The zero-order valence-electron chi connectivity index (χ0n) is 7.55. The highest BCUT2D eigenvalue weighted by molar-refractivity contribution is 5.73. The Balaban J connectivity index is 2.41. The second-order valence-electron chi connectivity index (χ2n) is 2.93. The van der Waals surface area contributed by atoms with Crippen LogP contribution in [0.2, 0.25) is 0 Å². The summed E-state index contributed by atoms with van der Waals surface area (Å²) in [6, 6.07) is 12.0. The van der Waals surface area contributed by atoms with Crippen molar-refractivity contribution in [1.29, 1.82) is 0 Å². The van der Waals surface area contributed by atoms with E-state index in [0.29, 0.717) is 5.56 Å². The monoisotopic (exact) mass is 226 g/mol. The Bertz CT molecular complexity index is 438. The number of hydrogen-bond donors (Lipinski definition) is 0. The van der Waals surface area contributed by atoms with Crippen LogP contribution in [0, 0.1) is 10.2 Å². The first-order valence-electron chi connectivity index (χ1n) is 4.14. The van der Waals surface area contributed by atoms with Crippen LogP contribution in [0.25, 0.3) is 11.1 Å². The van der Waals surface area contributed by atoms with Gasteiger partial charge in [0, 0.05) is 5.56 Å². The average Bonchev–Trinajstić information content (AvgIpc) is 2.35. The van der Waals surface area contributed by atoms with Gasteiger partial charge in [-0.3, -0.25) is 0 Å². The third kappa shape index (κ3) is 2.37. The van der Waals surface area contributed by atoms with Crippen molar-refractivity contribution in [2.75, 3.05) is 0 Å². The molecule has 0 atom stereocenters. The molecule has 0 unspecified atom stereocenters. The second-order valence-corrected chi connectivity index (χ2v) is 3.84. The van der Waals surface area contributed by atoms with Gasteiger partial charge in [-0.15, -0.1) is 0 Å². The molecule has 4 nitrogen and oxygen atoms in total. The van der Waals surface area contributed by atoms with E-state index in [0.717, 1.165) is 5.56 Å². The summed E-state index contributed by atoms with van der Waals surface area (Å²) in [6.45, 7) is 0. The van der Waals surface area contributed by atoms with Gasteiger partial charge in [0.25, 0.3) is 5.75 Å². The lowest BCUT2D eigenvalue weighted by atomic mass is 10.2. The number of hydrogen-bond acceptors (Lipinski definition) is 4. The summed E-state index contributed by atoms with van der Waals surface area (Å²) < 4.78 is 35.5. The molecule has 0 aliphatic heterocycles. The summed E-state index contributed by atoms with van der Waals surface area (Å²) in [5.41, 5.74) is 1.40. The summed E-state index contributed by atoms with van der Waals surface area (Å²) in [6.07, 6.45) is 0. The molecule has 0 saturated heterocycles. The van der Waals surface area contributed by atoms with E-state index >= 15 is 0 Å². The van der Waals surface area contributed by atoms with Gasteiger partial charge in [0.05, 0.1) is 0 Å². The van der Waals surface area contributed by atoms with Crippen molar-refractivity contribution in [3.8, 4) is 16.9 Å². The molecule has 0 N–H and O–H groups in total. The van der Waals surface area contributed by atoms with Crippen LogP contribution >= 0.6 is 0 Å². The highest BCUT2D eigenvalue weighted by Gasteiger charge is 2.24. The molecule has 78 valence electrons. The fraction of sp³-hybridized carbons (Fsp3) is 0. The smallest absolute Gasteiger partial charge is 0.167 e. The van der Waals surface area contributed by atoms with E-state index in [1.54, 1.807) is 30.3 Å². The van der Waals surface area contributed by atoms with Crippen LogP contribution in [0.1, 0.15) is 0 Å². The van der Waals surface area contributed by atoms with Crippen molar-refractivity contribution >= 4 is 0 Å². The lowest BCUT2D eigenvalue weighted by molar-refractivity contribution is -1.91. The highest BCUT2D eigenvalue weighted by Crippen LogP contribution is 2.33. The second kappa shape index (κ2) is 3.67. The molecule has 2 aliphatic carbocycles. The van der Waals surface area contributed by atoms with Gasteiger partial charge in [0.1, 0.15) is 10.2 Å².